The first-order chi connectivity index (χ1) is 16.8. The fourth-order valence-corrected chi connectivity index (χ4v) is 4.65. The van der Waals surface area contributed by atoms with Crippen molar-refractivity contribution in [1.29, 1.82) is 0 Å². The Morgan fingerprint density at radius 2 is 1.83 bits per heavy atom. The number of methoxy groups -OCH3 is 1. The molecule has 3 aromatic rings. The van der Waals surface area contributed by atoms with E-state index in [1.807, 2.05) is 6.92 Å². The Kier molecular flexibility index (Phi) is 7.33. The number of carbonyl (C=O) groups is 2. The third-order valence-electron chi connectivity index (χ3n) is 6.58. The lowest BCUT2D eigenvalue weighted by Crippen LogP contribution is -2.33. The average Bonchev–Trinajstić information content (AvgIpc) is 3.17. The van der Waals surface area contributed by atoms with E-state index in [4.69, 9.17) is 9.47 Å². The Morgan fingerprint density at radius 3 is 2.49 bits per heavy atom. The van der Waals surface area contributed by atoms with Crippen molar-refractivity contribution in [2.45, 2.75) is 46.1 Å². The summed E-state index contributed by atoms with van der Waals surface area (Å²) in [4.78, 5) is 29.3. The highest BCUT2D eigenvalue weighted by atomic mass is 19.1. The fraction of sp³-hybridized carbons (Fsp3) is 0.423. The summed E-state index contributed by atoms with van der Waals surface area (Å²) < 4.78 is 40.3. The number of hydrogen-bond donors (Lipinski definition) is 1. The number of ether oxygens (including phenoxy) is 2. The molecule has 0 atom stereocenters. The fourth-order valence-electron chi connectivity index (χ4n) is 4.65. The third kappa shape index (κ3) is 5.28. The van der Waals surface area contributed by atoms with Crippen molar-refractivity contribution >= 4 is 17.5 Å². The minimum Gasteiger partial charge on any atom is -0.485 e. The van der Waals surface area contributed by atoms with Gasteiger partial charge in [-0.25, -0.2) is 13.8 Å². The number of imidazole rings is 1. The van der Waals surface area contributed by atoms with Crippen molar-refractivity contribution in [2.75, 3.05) is 13.7 Å². The van der Waals surface area contributed by atoms with Gasteiger partial charge >= 0.3 is 5.97 Å². The molecule has 1 fully saturated rings. The van der Waals surface area contributed by atoms with Crippen LogP contribution < -0.4 is 10.1 Å². The summed E-state index contributed by atoms with van der Waals surface area (Å²) in [6.45, 7) is 3.77. The maximum atomic E-state index is 14.0. The minimum absolute atomic E-state index is 0.0628. The van der Waals surface area contributed by atoms with Gasteiger partial charge in [0.2, 0.25) is 0 Å². The maximum absolute atomic E-state index is 14.0. The van der Waals surface area contributed by atoms with E-state index in [0.717, 1.165) is 31.2 Å². The molecule has 2 heterocycles. The number of nitrogens with one attached hydrogen (secondary N) is 1. The number of carbonyl (C=O) groups excluding carboxylic acids is 2. The smallest absolute Gasteiger partial charge is 0.308 e. The first-order valence-electron chi connectivity index (χ1n) is 11.7. The first-order valence-corrected chi connectivity index (χ1v) is 11.7. The molecule has 1 saturated carbocycles. The number of benzene rings is 1. The molecule has 7 nitrogen and oxygen atoms in total. The molecule has 0 bridgehead atoms. The average molecular weight is 486 g/mol. The van der Waals surface area contributed by atoms with Gasteiger partial charge in [0, 0.05) is 12.7 Å². The van der Waals surface area contributed by atoms with Crippen molar-refractivity contribution in [1.82, 2.24) is 14.7 Å². The van der Waals surface area contributed by atoms with Crippen LogP contribution in [-0.2, 0) is 16.1 Å². The van der Waals surface area contributed by atoms with Crippen LogP contribution >= 0.6 is 0 Å². The van der Waals surface area contributed by atoms with E-state index in [9.17, 15) is 18.4 Å². The SMILES string of the molecule is COC(=O)C1CCC(CNC(=O)c2c(C)nc3c(OCc4c(F)cccc4F)cc(C)cn23)CC1. The van der Waals surface area contributed by atoms with E-state index in [1.165, 1.54) is 25.3 Å². The van der Waals surface area contributed by atoms with Crippen LogP contribution in [0.3, 0.4) is 0 Å². The predicted octanol–water partition coefficient (Wildman–Crippen LogP) is 4.52. The van der Waals surface area contributed by atoms with E-state index in [-0.39, 0.29) is 35.9 Å². The van der Waals surface area contributed by atoms with Gasteiger partial charge in [-0.05, 0) is 69.2 Å². The highest BCUT2D eigenvalue weighted by molar-refractivity contribution is 5.95. The van der Waals surface area contributed by atoms with Crippen LogP contribution in [-0.4, -0.2) is 34.9 Å². The number of halogens is 2. The molecule has 0 aliphatic heterocycles. The lowest BCUT2D eigenvalue weighted by atomic mass is 9.82. The number of aryl methyl sites for hydroxylation is 2. The van der Waals surface area contributed by atoms with E-state index >= 15 is 0 Å². The van der Waals surface area contributed by atoms with Crippen LogP contribution in [0.1, 0.15) is 53.0 Å². The van der Waals surface area contributed by atoms with Gasteiger partial charge in [-0.1, -0.05) is 6.07 Å². The van der Waals surface area contributed by atoms with Crippen LogP contribution in [0.15, 0.2) is 30.5 Å². The van der Waals surface area contributed by atoms with Gasteiger partial charge in [0.15, 0.2) is 11.4 Å². The lowest BCUT2D eigenvalue weighted by molar-refractivity contribution is -0.146. The number of aromatic nitrogens is 2. The van der Waals surface area contributed by atoms with Crippen LogP contribution in [0, 0.1) is 37.3 Å². The third-order valence-corrected chi connectivity index (χ3v) is 6.58. The van der Waals surface area contributed by atoms with E-state index in [1.54, 1.807) is 23.6 Å². The van der Waals surface area contributed by atoms with Gasteiger partial charge in [0.1, 0.15) is 23.9 Å². The molecule has 0 radical (unpaired) electrons. The molecule has 0 saturated heterocycles. The highest BCUT2D eigenvalue weighted by Crippen LogP contribution is 2.30. The molecule has 9 heteroatoms. The molecule has 186 valence electrons. The van der Waals surface area contributed by atoms with Crippen LogP contribution in [0.25, 0.3) is 5.65 Å². The van der Waals surface area contributed by atoms with Crippen LogP contribution in [0.4, 0.5) is 8.78 Å². The Morgan fingerprint density at radius 1 is 1.14 bits per heavy atom. The largest absolute Gasteiger partial charge is 0.485 e. The summed E-state index contributed by atoms with van der Waals surface area (Å²) in [5.74, 6) is -1.25. The van der Waals surface area contributed by atoms with Crippen molar-refractivity contribution in [3.8, 4) is 5.75 Å². The number of rotatable bonds is 7. The topological polar surface area (TPSA) is 81.9 Å². The second-order valence-corrected chi connectivity index (χ2v) is 9.06. The molecule has 1 aliphatic carbocycles. The van der Waals surface area contributed by atoms with Gasteiger partial charge in [-0.15, -0.1) is 0 Å². The monoisotopic (exact) mass is 485 g/mol. The Labute approximate surface area is 202 Å². The minimum atomic E-state index is -0.686. The first kappa shape index (κ1) is 24.6. The zero-order chi connectivity index (χ0) is 25.1. The molecule has 1 amide bonds. The molecule has 1 aliphatic rings. The Balaban J connectivity index is 1.48. The van der Waals surface area contributed by atoms with Crippen molar-refractivity contribution < 1.29 is 27.8 Å². The zero-order valence-corrected chi connectivity index (χ0v) is 20.1. The quantitative estimate of drug-likeness (QED) is 0.498. The van der Waals surface area contributed by atoms with E-state index in [2.05, 4.69) is 10.3 Å². The zero-order valence-electron chi connectivity index (χ0n) is 20.1. The molecule has 1 N–H and O–H groups in total. The summed E-state index contributed by atoms with van der Waals surface area (Å²) in [5, 5.41) is 3.00. The summed E-state index contributed by atoms with van der Waals surface area (Å²) in [7, 11) is 1.41. The van der Waals surface area contributed by atoms with E-state index in [0.29, 0.717) is 29.3 Å². The Bertz CT molecular complexity index is 1230. The van der Waals surface area contributed by atoms with Gasteiger partial charge in [0.05, 0.1) is 24.3 Å². The van der Waals surface area contributed by atoms with Crippen molar-refractivity contribution in [3.63, 3.8) is 0 Å². The second kappa shape index (κ2) is 10.4. The molecular weight excluding hydrogens is 456 g/mol. The number of nitrogens with zero attached hydrogens (tertiary/aromatic N) is 2. The summed E-state index contributed by atoms with van der Waals surface area (Å²) in [6, 6.07) is 5.38. The Hall–Kier alpha value is -3.49. The van der Waals surface area contributed by atoms with Gasteiger partial charge in [-0.3, -0.25) is 14.0 Å². The molecule has 0 unspecified atom stereocenters. The highest BCUT2D eigenvalue weighted by Gasteiger charge is 2.28. The molecule has 4 rings (SSSR count). The predicted molar refractivity (Wildman–Crippen MR) is 125 cm³/mol. The van der Waals surface area contributed by atoms with Crippen molar-refractivity contribution in [3.05, 3.63) is 64.6 Å². The van der Waals surface area contributed by atoms with E-state index < -0.39 is 11.6 Å². The number of esters is 1. The van der Waals surface area contributed by atoms with Gasteiger partial charge in [0.25, 0.3) is 5.91 Å². The number of amides is 1. The number of fused-ring (bicyclic) bond motifs is 1. The number of hydrogen-bond acceptors (Lipinski definition) is 5. The van der Waals surface area contributed by atoms with Gasteiger partial charge in [-0.2, -0.15) is 0 Å². The number of pyridine rings is 1. The van der Waals surface area contributed by atoms with Crippen LogP contribution in [0.2, 0.25) is 0 Å². The van der Waals surface area contributed by atoms with Gasteiger partial charge < -0.3 is 14.8 Å². The lowest BCUT2D eigenvalue weighted by Gasteiger charge is -2.26. The summed E-state index contributed by atoms with van der Waals surface area (Å²) in [5.41, 5.74) is 1.93. The molecule has 2 aromatic heterocycles. The summed E-state index contributed by atoms with van der Waals surface area (Å²) in [6.07, 6.45) is 4.98. The van der Waals surface area contributed by atoms with Crippen LogP contribution in [0.5, 0.6) is 5.75 Å². The molecule has 0 spiro atoms. The van der Waals surface area contributed by atoms with Crippen molar-refractivity contribution in [2.24, 2.45) is 11.8 Å². The molecular formula is C26H29F2N3O4. The molecule has 1 aromatic carbocycles. The second-order valence-electron chi connectivity index (χ2n) is 9.06. The maximum Gasteiger partial charge on any atom is 0.308 e. The summed E-state index contributed by atoms with van der Waals surface area (Å²) >= 11 is 0. The molecule has 35 heavy (non-hydrogen) atoms. The standard InChI is InChI=1S/C26H29F2N3O4/c1-15-11-22(35-14-19-20(27)5-4-6-21(19)28)24-30-16(2)23(31(24)13-15)25(32)29-12-17-7-9-18(10-8-17)26(33)34-3/h4-6,11,13,17-18H,7-10,12,14H2,1-3H3,(H,29,32). The normalized spacial score (nSPS) is 17.9.